The Morgan fingerprint density at radius 2 is 0.429 bits per heavy atom. The quantitative estimate of drug-likeness (QED) is 0.127. The van der Waals surface area contributed by atoms with E-state index >= 15 is 0 Å². The van der Waals surface area contributed by atoms with Crippen LogP contribution in [-0.2, 0) is 32.2 Å². The van der Waals surface area contributed by atoms with Crippen LogP contribution in [0.3, 0.4) is 0 Å². The minimum absolute atomic E-state index is 0.689. The highest BCUT2D eigenvalue weighted by atomic mass is 17.2. The van der Waals surface area contributed by atoms with Gasteiger partial charge in [0.1, 0.15) is 11.2 Å². The Morgan fingerprint density at radius 1 is 0.232 bits per heavy atom. The molecule has 2 aliphatic carbocycles. The minimum atomic E-state index is -1.50. The van der Waals surface area contributed by atoms with Crippen molar-refractivity contribution in [3.8, 4) is 0 Å². The lowest BCUT2D eigenvalue weighted by Gasteiger charge is -2.50. The van der Waals surface area contributed by atoms with Gasteiger partial charge < -0.3 is 10.2 Å². The summed E-state index contributed by atoms with van der Waals surface area (Å²) in [6.45, 7) is 0. The number of benzene rings is 8. The molecule has 0 atom stereocenters. The van der Waals surface area contributed by atoms with Crippen molar-refractivity contribution in [2.75, 3.05) is 0 Å². The van der Waals surface area contributed by atoms with E-state index in [1.54, 1.807) is 0 Å². The first-order valence-corrected chi connectivity index (χ1v) is 19.0. The van der Waals surface area contributed by atoms with Gasteiger partial charge in [0.2, 0.25) is 0 Å². The average molecular weight is 727 g/mol. The van der Waals surface area contributed by atoms with Gasteiger partial charge in [0.05, 0.1) is 0 Å². The highest BCUT2D eigenvalue weighted by Crippen LogP contribution is 2.59. The molecule has 4 heteroatoms. The Labute approximate surface area is 326 Å². The predicted octanol–water partition coefficient (Wildman–Crippen LogP) is 10.1. The largest absolute Gasteiger partial charge is 0.376 e. The monoisotopic (exact) mass is 726 g/mol. The second kappa shape index (κ2) is 13.1. The molecule has 0 bridgehead atoms. The molecule has 0 radical (unpaired) electrons. The van der Waals surface area contributed by atoms with Crippen LogP contribution in [0.1, 0.15) is 66.8 Å². The number of fused-ring (bicyclic) bond motifs is 4. The maximum Gasteiger partial charge on any atom is 0.179 e. The van der Waals surface area contributed by atoms with Crippen LogP contribution in [0.25, 0.3) is 0 Å². The Bertz CT molecular complexity index is 2390. The van der Waals surface area contributed by atoms with E-state index in [4.69, 9.17) is 9.78 Å². The van der Waals surface area contributed by atoms with E-state index in [1.165, 1.54) is 0 Å². The standard InChI is InChI=1S/C52H38O4/c53-49(37-21-5-1-6-22-37)41-29-13-17-33-45(41)51(39-25-9-3-10-26-39,46-34-18-14-30-42(46)49)55-56-52(40-27-11-4-12-28-40)47-35-19-15-31-43(47)50(54,38-23-7-2-8-24-38)44-32-16-20-36-48(44)52/h1-36,53-54H. The molecule has 0 fully saturated rings. The summed E-state index contributed by atoms with van der Waals surface area (Å²) in [6.07, 6.45) is 0. The second-order valence-corrected chi connectivity index (χ2v) is 14.6. The molecule has 2 aliphatic rings. The van der Waals surface area contributed by atoms with E-state index in [0.717, 1.165) is 44.5 Å². The summed E-state index contributed by atoms with van der Waals surface area (Å²) in [6, 6.07) is 71.6. The molecular formula is C52H38O4. The minimum Gasteiger partial charge on any atom is -0.376 e. The van der Waals surface area contributed by atoms with Crippen LogP contribution < -0.4 is 0 Å². The summed E-state index contributed by atoms with van der Waals surface area (Å²) < 4.78 is 0. The van der Waals surface area contributed by atoms with E-state index in [9.17, 15) is 10.2 Å². The van der Waals surface area contributed by atoms with Crippen molar-refractivity contribution in [1.29, 1.82) is 0 Å². The molecule has 0 aliphatic heterocycles. The van der Waals surface area contributed by atoms with Crippen molar-refractivity contribution in [2.45, 2.75) is 22.4 Å². The highest BCUT2D eigenvalue weighted by Gasteiger charge is 2.57. The number of hydrogen-bond donors (Lipinski definition) is 2. The van der Waals surface area contributed by atoms with Gasteiger partial charge in [0.25, 0.3) is 0 Å². The van der Waals surface area contributed by atoms with Crippen LogP contribution in [0.2, 0.25) is 0 Å². The van der Waals surface area contributed by atoms with Crippen LogP contribution >= 0.6 is 0 Å². The zero-order valence-corrected chi connectivity index (χ0v) is 30.5. The van der Waals surface area contributed by atoms with Gasteiger partial charge in [-0.3, -0.25) is 0 Å². The highest BCUT2D eigenvalue weighted by molar-refractivity contribution is 5.67. The van der Waals surface area contributed by atoms with Crippen LogP contribution in [-0.4, -0.2) is 10.2 Å². The summed E-state index contributed by atoms with van der Waals surface area (Å²) in [7, 11) is 0. The smallest absolute Gasteiger partial charge is 0.179 e. The molecule has 0 aromatic heterocycles. The van der Waals surface area contributed by atoms with E-state index in [2.05, 4.69) is 24.3 Å². The second-order valence-electron chi connectivity index (χ2n) is 14.6. The van der Waals surface area contributed by atoms with Gasteiger partial charge in [-0.1, -0.05) is 218 Å². The summed E-state index contributed by atoms with van der Waals surface area (Å²) in [5.74, 6) is 0. The lowest BCUT2D eigenvalue weighted by molar-refractivity contribution is -0.389. The maximum atomic E-state index is 13.2. The number of aliphatic hydroxyl groups is 2. The molecule has 0 unspecified atom stereocenters. The number of hydrogen-bond acceptors (Lipinski definition) is 4. The molecule has 56 heavy (non-hydrogen) atoms. The van der Waals surface area contributed by atoms with Crippen LogP contribution in [0.15, 0.2) is 218 Å². The molecule has 0 heterocycles. The van der Waals surface area contributed by atoms with Gasteiger partial charge in [-0.15, -0.1) is 0 Å². The normalized spacial score (nSPS) is 23.2. The molecule has 0 saturated carbocycles. The third kappa shape index (κ3) is 4.68. The lowest BCUT2D eigenvalue weighted by Crippen LogP contribution is -2.49. The lowest BCUT2D eigenvalue weighted by atomic mass is 9.63. The third-order valence-electron chi connectivity index (χ3n) is 11.8. The Hall–Kier alpha value is -6.40. The molecule has 8 aromatic rings. The van der Waals surface area contributed by atoms with E-state index < -0.39 is 22.4 Å². The van der Waals surface area contributed by atoms with Gasteiger partial charge in [0, 0.05) is 22.3 Å². The van der Waals surface area contributed by atoms with E-state index in [-0.39, 0.29) is 0 Å². The zero-order chi connectivity index (χ0) is 37.8. The van der Waals surface area contributed by atoms with E-state index in [1.807, 2.05) is 194 Å². The summed E-state index contributed by atoms with van der Waals surface area (Å²) >= 11 is 0. The van der Waals surface area contributed by atoms with Gasteiger partial charge in [-0.25, -0.2) is 9.78 Å². The average Bonchev–Trinajstić information content (AvgIpc) is 3.29. The van der Waals surface area contributed by atoms with Crippen molar-refractivity contribution < 1.29 is 20.0 Å². The fourth-order valence-electron chi connectivity index (χ4n) is 9.35. The topological polar surface area (TPSA) is 58.9 Å². The molecule has 0 spiro atoms. The predicted molar refractivity (Wildman–Crippen MR) is 218 cm³/mol. The first-order chi connectivity index (χ1) is 27.5. The summed E-state index contributed by atoms with van der Waals surface area (Å²) in [4.78, 5) is 14.9. The van der Waals surface area contributed by atoms with Crippen molar-refractivity contribution in [1.82, 2.24) is 0 Å². The van der Waals surface area contributed by atoms with Crippen LogP contribution in [0.5, 0.6) is 0 Å². The Balaban J connectivity index is 1.27. The molecule has 270 valence electrons. The molecule has 2 N–H and O–H groups in total. The fourth-order valence-corrected chi connectivity index (χ4v) is 9.35. The molecule has 0 saturated heterocycles. The summed E-state index contributed by atoms with van der Waals surface area (Å²) in [5.41, 5.74) is 3.18. The van der Waals surface area contributed by atoms with Crippen molar-refractivity contribution >= 4 is 0 Å². The van der Waals surface area contributed by atoms with Gasteiger partial charge >= 0.3 is 0 Å². The van der Waals surface area contributed by atoms with Crippen molar-refractivity contribution in [2.24, 2.45) is 0 Å². The first-order valence-electron chi connectivity index (χ1n) is 19.0. The van der Waals surface area contributed by atoms with Gasteiger partial charge in [-0.05, 0) is 44.5 Å². The molecule has 10 rings (SSSR count). The van der Waals surface area contributed by atoms with Crippen molar-refractivity contribution in [3.05, 3.63) is 285 Å². The van der Waals surface area contributed by atoms with Crippen molar-refractivity contribution in [3.63, 3.8) is 0 Å². The molecule has 0 amide bonds. The van der Waals surface area contributed by atoms with Gasteiger partial charge in [-0.2, -0.15) is 0 Å². The summed E-state index contributed by atoms with van der Waals surface area (Å²) in [5, 5.41) is 26.3. The first kappa shape index (κ1) is 34.1. The van der Waals surface area contributed by atoms with Gasteiger partial charge in [0.15, 0.2) is 11.2 Å². The Morgan fingerprint density at radius 3 is 0.679 bits per heavy atom. The Kier molecular flexibility index (Phi) is 8.00. The van der Waals surface area contributed by atoms with Crippen LogP contribution in [0, 0.1) is 0 Å². The SMILES string of the molecule is OC1(c2ccccc2)c2ccccc2C(OOC2(c3ccccc3)c3ccccc3C(O)(c3ccccc3)c3ccccc32)(c2ccccc2)c2ccccc21. The maximum absolute atomic E-state index is 13.2. The molecule has 8 aromatic carbocycles. The fraction of sp³-hybridized carbons (Fsp3) is 0.0769. The van der Waals surface area contributed by atoms with E-state index in [0.29, 0.717) is 22.3 Å². The zero-order valence-electron chi connectivity index (χ0n) is 30.5. The molecule has 4 nitrogen and oxygen atoms in total. The molecular weight excluding hydrogens is 689 g/mol. The van der Waals surface area contributed by atoms with Crippen LogP contribution in [0.4, 0.5) is 0 Å². The number of rotatable bonds is 7. The third-order valence-corrected chi connectivity index (χ3v) is 11.8.